The first-order valence-electron chi connectivity index (χ1n) is 9.80. The molecular weight excluding hydrogens is 501 g/mol. The SMILES string of the molecule is CC(C)COC(=O)CN1C(=O)S/C(=C\c2ccc(OCc3ccc(F)cc3)c(Br)c2)C1=O. The Labute approximate surface area is 197 Å². The fourth-order valence-electron chi connectivity index (χ4n) is 2.69. The van der Waals surface area contributed by atoms with Crippen LogP contribution in [0.25, 0.3) is 6.08 Å². The van der Waals surface area contributed by atoms with Crippen molar-refractivity contribution in [1.29, 1.82) is 0 Å². The van der Waals surface area contributed by atoms with Gasteiger partial charge in [0.15, 0.2) is 0 Å². The molecule has 0 unspecified atom stereocenters. The molecule has 0 radical (unpaired) electrons. The van der Waals surface area contributed by atoms with Gasteiger partial charge in [-0.05, 0) is 75.1 Å². The number of hydrogen-bond acceptors (Lipinski definition) is 6. The van der Waals surface area contributed by atoms with Crippen molar-refractivity contribution in [3.63, 3.8) is 0 Å². The minimum absolute atomic E-state index is 0.162. The van der Waals surface area contributed by atoms with E-state index in [0.29, 0.717) is 15.8 Å². The topological polar surface area (TPSA) is 72.9 Å². The van der Waals surface area contributed by atoms with E-state index >= 15 is 0 Å². The highest BCUT2D eigenvalue weighted by Gasteiger charge is 2.36. The number of thioether (sulfide) groups is 1. The minimum atomic E-state index is -0.618. The summed E-state index contributed by atoms with van der Waals surface area (Å²) in [4.78, 5) is 37.8. The maximum atomic E-state index is 13.0. The van der Waals surface area contributed by atoms with Gasteiger partial charge in [-0.2, -0.15) is 0 Å². The highest BCUT2D eigenvalue weighted by molar-refractivity contribution is 9.10. The Hall–Kier alpha value is -2.65. The Morgan fingerprint density at radius 3 is 2.56 bits per heavy atom. The van der Waals surface area contributed by atoms with Crippen molar-refractivity contribution in [3.8, 4) is 5.75 Å². The van der Waals surface area contributed by atoms with Gasteiger partial charge < -0.3 is 9.47 Å². The molecule has 9 heteroatoms. The predicted molar refractivity (Wildman–Crippen MR) is 123 cm³/mol. The molecule has 0 bridgehead atoms. The molecule has 1 aliphatic heterocycles. The lowest BCUT2D eigenvalue weighted by atomic mass is 10.2. The molecule has 1 aliphatic rings. The van der Waals surface area contributed by atoms with Crippen molar-refractivity contribution in [3.05, 3.63) is 68.8 Å². The van der Waals surface area contributed by atoms with E-state index in [1.807, 2.05) is 13.8 Å². The zero-order valence-electron chi connectivity index (χ0n) is 17.5. The number of amides is 2. The van der Waals surface area contributed by atoms with Gasteiger partial charge in [-0.1, -0.05) is 32.0 Å². The van der Waals surface area contributed by atoms with Gasteiger partial charge in [0.1, 0.15) is 24.7 Å². The maximum absolute atomic E-state index is 13.0. The van der Waals surface area contributed by atoms with Crippen molar-refractivity contribution in [1.82, 2.24) is 4.90 Å². The lowest BCUT2D eigenvalue weighted by Gasteiger charge is -2.12. The van der Waals surface area contributed by atoms with Crippen molar-refractivity contribution >= 4 is 50.9 Å². The summed E-state index contributed by atoms with van der Waals surface area (Å²) < 4.78 is 24.5. The van der Waals surface area contributed by atoms with E-state index in [1.165, 1.54) is 12.1 Å². The standard InChI is InChI=1S/C23H21BrFNO5S/c1-14(2)12-31-21(27)11-26-22(28)20(32-23(26)29)10-16-5-8-19(18(24)9-16)30-13-15-3-6-17(25)7-4-15/h3-10,14H,11-13H2,1-2H3/b20-10-. The second-order valence-electron chi connectivity index (χ2n) is 7.45. The fraction of sp³-hybridized carbons (Fsp3) is 0.261. The summed E-state index contributed by atoms with van der Waals surface area (Å²) in [6.45, 7) is 3.88. The molecule has 1 saturated heterocycles. The second kappa shape index (κ2) is 10.8. The number of carbonyl (C=O) groups excluding carboxylic acids is 3. The van der Waals surface area contributed by atoms with Gasteiger partial charge in [-0.3, -0.25) is 19.3 Å². The van der Waals surface area contributed by atoms with Crippen LogP contribution in [0.4, 0.5) is 9.18 Å². The highest BCUT2D eigenvalue weighted by atomic mass is 79.9. The summed E-state index contributed by atoms with van der Waals surface area (Å²) in [5.41, 5.74) is 1.50. The minimum Gasteiger partial charge on any atom is -0.488 e. The predicted octanol–water partition coefficient (Wildman–Crippen LogP) is 5.40. The molecule has 1 fully saturated rings. The molecule has 0 N–H and O–H groups in total. The van der Waals surface area contributed by atoms with Crippen LogP contribution in [-0.4, -0.2) is 35.2 Å². The van der Waals surface area contributed by atoms with E-state index in [9.17, 15) is 18.8 Å². The zero-order chi connectivity index (χ0) is 23.3. The van der Waals surface area contributed by atoms with Gasteiger partial charge >= 0.3 is 5.97 Å². The van der Waals surface area contributed by atoms with Crippen LogP contribution in [-0.2, 0) is 20.9 Å². The van der Waals surface area contributed by atoms with Gasteiger partial charge in [-0.15, -0.1) is 0 Å². The molecule has 0 aromatic heterocycles. The third kappa shape index (κ3) is 6.43. The number of esters is 1. The molecule has 0 saturated carbocycles. The Bertz CT molecular complexity index is 1050. The first kappa shape index (κ1) is 24.0. The smallest absolute Gasteiger partial charge is 0.326 e. The maximum Gasteiger partial charge on any atom is 0.326 e. The van der Waals surface area contributed by atoms with Gasteiger partial charge in [0.25, 0.3) is 11.1 Å². The molecule has 2 aromatic rings. The lowest BCUT2D eigenvalue weighted by Crippen LogP contribution is -2.34. The number of hydrogen-bond donors (Lipinski definition) is 0. The first-order chi connectivity index (χ1) is 15.2. The van der Waals surface area contributed by atoms with Gasteiger partial charge in [-0.25, -0.2) is 4.39 Å². The molecular formula is C23H21BrFNO5S. The molecule has 1 heterocycles. The van der Waals surface area contributed by atoms with Crippen LogP contribution in [0.2, 0.25) is 0 Å². The normalized spacial score (nSPS) is 15.0. The van der Waals surface area contributed by atoms with Crippen LogP contribution in [0, 0.1) is 11.7 Å². The zero-order valence-corrected chi connectivity index (χ0v) is 19.9. The molecule has 2 amide bonds. The first-order valence-corrected chi connectivity index (χ1v) is 11.4. The van der Waals surface area contributed by atoms with E-state index in [4.69, 9.17) is 9.47 Å². The third-order valence-electron chi connectivity index (χ3n) is 4.30. The average molecular weight is 522 g/mol. The average Bonchev–Trinajstić information content (AvgIpc) is 3.00. The van der Waals surface area contributed by atoms with Crippen LogP contribution in [0.1, 0.15) is 25.0 Å². The Balaban J connectivity index is 1.64. The third-order valence-corrected chi connectivity index (χ3v) is 5.83. The molecule has 6 nitrogen and oxygen atoms in total. The van der Waals surface area contributed by atoms with Gasteiger partial charge in [0.2, 0.25) is 0 Å². The van der Waals surface area contributed by atoms with Crippen molar-refractivity contribution in [2.24, 2.45) is 5.92 Å². The van der Waals surface area contributed by atoms with E-state index in [-0.39, 0.29) is 29.9 Å². The number of halogens is 2. The molecule has 32 heavy (non-hydrogen) atoms. The van der Waals surface area contributed by atoms with Crippen molar-refractivity contribution in [2.45, 2.75) is 20.5 Å². The molecule has 3 rings (SSSR count). The number of ether oxygens (including phenoxy) is 2. The monoisotopic (exact) mass is 521 g/mol. The molecule has 0 spiro atoms. The van der Waals surface area contributed by atoms with E-state index in [2.05, 4.69) is 15.9 Å². The van der Waals surface area contributed by atoms with E-state index in [1.54, 1.807) is 36.4 Å². The number of imide groups is 1. The van der Waals surface area contributed by atoms with Crippen molar-refractivity contribution in [2.75, 3.05) is 13.2 Å². The number of rotatable bonds is 8. The summed E-state index contributed by atoms with van der Waals surface area (Å²) in [6, 6.07) is 11.3. The summed E-state index contributed by atoms with van der Waals surface area (Å²) >= 11 is 4.21. The highest BCUT2D eigenvalue weighted by Crippen LogP contribution is 2.34. The van der Waals surface area contributed by atoms with E-state index in [0.717, 1.165) is 22.2 Å². The quantitative estimate of drug-likeness (QED) is 0.342. The van der Waals surface area contributed by atoms with Crippen molar-refractivity contribution < 1.29 is 28.2 Å². The lowest BCUT2D eigenvalue weighted by molar-refractivity contribution is -0.147. The van der Waals surface area contributed by atoms with Gasteiger partial charge in [0.05, 0.1) is 16.0 Å². The summed E-state index contributed by atoms with van der Waals surface area (Å²) in [5, 5.41) is -0.513. The number of benzene rings is 2. The Morgan fingerprint density at radius 2 is 1.91 bits per heavy atom. The second-order valence-corrected chi connectivity index (χ2v) is 9.30. The molecule has 0 atom stereocenters. The van der Waals surface area contributed by atoms with Crippen LogP contribution in [0.5, 0.6) is 5.75 Å². The number of nitrogens with zero attached hydrogens (tertiary/aromatic N) is 1. The Morgan fingerprint density at radius 1 is 1.19 bits per heavy atom. The number of carbonyl (C=O) groups is 3. The van der Waals surface area contributed by atoms with Crippen LogP contribution in [0.3, 0.4) is 0 Å². The molecule has 0 aliphatic carbocycles. The summed E-state index contributed by atoms with van der Waals surface area (Å²) in [6.07, 6.45) is 1.58. The van der Waals surface area contributed by atoms with Crippen LogP contribution >= 0.6 is 27.7 Å². The summed E-state index contributed by atoms with van der Waals surface area (Å²) in [7, 11) is 0. The van der Waals surface area contributed by atoms with E-state index < -0.39 is 23.7 Å². The van der Waals surface area contributed by atoms with Crippen LogP contribution < -0.4 is 4.74 Å². The van der Waals surface area contributed by atoms with Crippen LogP contribution in [0.15, 0.2) is 51.8 Å². The largest absolute Gasteiger partial charge is 0.488 e. The molecule has 168 valence electrons. The fourth-order valence-corrected chi connectivity index (χ4v) is 4.04. The van der Waals surface area contributed by atoms with Gasteiger partial charge in [0, 0.05) is 0 Å². The molecule has 2 aromatic carbocycles. The summed E-state index contributed by atoms with van der Waals surface area (Å²) in [5.74, 6) is -0.722. The Kier molecular flexibility index (Phi) is 8.09.